The first-order valence-corrected chi connectivity index (χ1v) is 13.2. The zero-order valence-electron chi connectivity index (χ0n) is 23.0. The average Bonchev–Trinajstić information content (AvgIpc) is 3.21. The smallest absolute Gasteiger partial charge is 0.139 e. The Kier molecular flexibility index (Phi) is 11.0. The quantitative estimate of drug-likeness (QED) is 0.624. The van der Waals surface area contributed by atoms with Gasteiger partial charge in [0.05, 0.1) is 11.4 Å². The third kappa shape index (κ3) is 7.33. The number of hydrogen-bond donors (Lipinski definition) is 0. The summed E-state index contributed by atoms with van der Waals surface area (Å²) in [4.78, 5) is 26.8. The molecule has 8 nitrogen and oxygen atoms in total. The molecule has 2 saturated heterocycles. The van der Waals surface area contributed by atoms with E-state index < -0.39 is 0 Å². The lowest BCUT2D eigenvalue weighted by atomic mass is 10.1. The summed E-state index contributed by atoms with van der Waals surface area (Å²) in [6.45, 7) is 20.0. The van der Waals surface area contributed by atoms with Gasteiger partial charge < -0.3 is 19.6 Å². The summed E-state index contributed by atoms with van der Waals surface area (Å²) >= 11 is 0. The molecule has 0 unspecified atom stereocenters. The van der Waals surface area contributed by atoms with Crippen molar-refractivity contribution in [2.45, 2.75) is 20.3 Å². The summed E-state index contributed by atoms with van der Waals surface area (Å²) in [6, 6.07) is 0. The molecule has 0 N–H and O–H groups in total. The SMILES string of the molecule is C=Cc1ncnc(N2CCN(C)CC2)c1C=C.CC.CN1CCN(c2ncnc3c2CC=CC=C3)CC1. The van der Waals surface area contributed by atoms with Crippen molar-refractivity contribution >= 4 is 29.9 Å². The average molecular weight is 503 g/mol. The summed E-state index contributed by atoms with van der Waals surface area (Å²) < 4.78 is 0. The minimum atomic E-state index is 0.851. The maximum absolute atomic E-state index is 4.51. The van der Waals surface area contributed by atoms with Crippen LogP contribution in [0.1, 0.15) is 36.4 Å². The molecule has 2 aliphatic heterocycles. The molecule has 0 bridgehead atoms. The summed E-state index contributed by atoms with van der Waals surface area (Å²) in [5.41, 5.74) is 4.15. The lowest BCUT2D eigenvalue weighted by Crippen LogP contribution is -2.45. The maximum atomic E-state index is 4.51. The molecule has 5 rings (SSSR count). The first-order chi connectivity index (χ1) is 18.1. The zero-order chi connectivity index (χ0) is 26.6. The molecule has 8 heteroatoms. The number of rotatable bonds is 4. The van der Waals surface area contributed by atoms with Crippen molar-refractivity contribution in [1.82, 2.24) is 29.7 Å². The molecule has 2 aromatic heterocycles. The van der Waals surface area contributed by atoms with Gasteiger partial charge >= 0.3 is 0 Å². The van der Waals surface area contributed by atoms with Gasteiger partial charge in [0.15, 0.2) is 0 Å². The fourth-order valence-electron chi connectivity index (χ4n) is 4.49. The van der Waals surface area contributed by atoms with E-state index in [0.29, 0.717) is 0 Å². The molecule has 0 radical (unpaired) electrons. The van der Waals surface area contributed by atoms with Crippen LogP contribution in [0.3, 0.4) is 0 Å². The lowest BCUT2D eigenvalue weighted by molar-refractivity contribution is 0.312. The van der Waals surface area contributed by atoms with Crippen molar-refractivity contribution in [2.24, 2.45) is 0 Å². The number of nitrogens with zero attached hydrogens (tertiary/aromatic N) is 8. The van der Waals surface area contributed by atoms with Crippen LogP contribution in [0.2, 0.25) is 0 Å². The monoisotopic (exact) mass is 502 g/mol. The van der Waals surface area contributed by atoms with E-state index in [1.165, 1.54) is 5.56 Å². The number of hydrogen-bond acceptors (Lipinski definition) is 8. The van der Waals surface area contributed by atoms with Crippen molar-refractivity contribution in [3.05, 3.63) is 66.6 Å². The Morgan fingerprint density at radius 2 is 1.27 bits per heavy atom. The fraction of sp³-hybridized carbons (Fsp3) is 0.448. The highest BCUT2D eigenvalue weighted by Gasteiger charge is 2.20. The Morgan fingerprint density at radius 1 is 0.703 bits per heavy atom. The highest BCUT2D eigenvalue weighted by molar-refractivity contribution is 5.70. The summed E-state index contributed by atoms with van der Waals surface area (Å²) in [5, 5.41) is 0. The van der Waals surface area contributed by atoms with E-state index in [-0.39, 0.29) is 0 Å². The Hall–Kier alpha value is -3.36. The second kappa shape index (κ2) is 14.4. The molecular formula is C29H42N8. The predicted molar refractivity (Wildman–Crippen MR) is 157 cm³/mol. The minimum absolute atomic E-state index is 0.851. The lowest BCUT2D eigenvalue weighted by Gasteiger charge is -2.34. The van der Waals surface area contributed by atoms with E-state index in [4.69, 9.17) is 0 Å². The van der Waals surface area contributed by atoms with Crippen molar-refractivity contribution in [2.75, 3.05) is 76.3 Å². The van der Waals surface area contributed by atoms with Crippen LogP contribution in [0, 0.1) is 0 Å². The second-order valence-corrected chi connectivity index (χ2v) is 9.04. The molecular weight excluding hydrogens is 460 g/mol. The van der Waals surface area contributed by atoms with Crippen LogP contribution >= 0.6 is 0 Å². The van der Waals surface area contributed by atoms with Crippen molar-refractivity contribution < 1.29 is 0 Å². The molecule has 1 aliphatic carbocycles. The van der Waals surface area contributed by atoms with E-state index in [0.717, 1.165) is 87.4 Å². The topological polar surface area (TPSA) is 64.5 Å². The van der Waals surface area contributed by atoms with Crippen LogP contribution in [-0.2, 0) is 6.42 Å². The van der Waals surface area contributed by atoms with Crippen LogP contribution in [0.25, 0.3) is 18.2 Å². The normalized spacial score (nSPS) is 17.5. The van der Waals surface area contributed by atoms with Gasteiger partial charge in [-0.05, 0) is 32.7 Å². The first kappa shape index (κ1) is 28.2. The molecule has 37 heavy (non-hydrogen) atoms. The first-order valence-electron chi connectivity index (χ1n) is 13.2. The summed E-state index contributed by atoms with van der Waals surface area (Å²) in [6.07, 6.45) is 16.1. The number of piperazine rings is 2. The molecule has 3 aliphatic rings. The van der Waals surface area contributed by atoms with Gasteiger partial charge in [0, 0.05) is 63.5 Å². The molecule has 198 valence electrons. The van der Waals surface area contributed by atoms with Crippen LogP contribution in [0.4, 0.5) is 11.6 Å². The summed E-state index contributed by atoms with van der Waals surface area (Å²) in [5.74, 6) is 2.09. The fourth-order valence-corrected chi connectivity index (χ4v) is 4.49. The number of allylic oxidation sites excluding steroid dienone is 3. The van der Waals surface area contributed by atoms with Crippen molar-refractivity contribution in [3.63, 3.8) is 0 Å². The van der Waals surface area contributed by atoms with Crippen LogP contribution in [0.15, 0.2) is 44.0 Å². The number of likely N-dealkylation sites (N-methyl/N-ethyl adjacent to an activating group) is 2. The van der Waals surface area contributed by atoms with Crippen LogP contribution in [0.5, 0.6) is 0 Å². The molecule has 0 aromatic carbocycles. The largest absolute Gasteiger partial charge is 0.354 e. The van der Waals surface area contributed by atoms with Gasteiger partial charge in [-0.3, -0.25) is 0 Å². The van der Waals surface area contributed by atoms with Gasteiger partial charge in [0.1, 0.15) is 24.3 Å². The Labute approximate surface area is 222 Å². The third-order valence-electron chi connectivity index (χ3n) is 6.68. The second-order valence-electron chi connectivity index (χ2n) is 9.04. The van der Waals surface area contributed by atoms with E-state index in [9.17, 15) is 0 Å². The van der Waals surface area contributed by atoms with Crippen molar-refractivity contribution in [1.29, 1.82) is 0 Å². The molecule has 4 heterocycles. The van der Waals surface area contributed by atoms with E-state index in [1.54, 1.807) is 18.7 Å². The Morgan fingerprint density at radius 3 is 1.86 bits per heavy atom. The Bertz CT molecular complexity index is 1080. The van der Waals surface area contributed by atoms with Gasteiger partial charge in [0.25, 0.3) is 0 Å². The molecule has 0 amide bonds. The molecule has 0 atom stereocenters. The highest BCUT2D eigenvalue weighted by atomic mass is 15.3. The maximum Gasteiger partial charge on any atom is 0.139 e. The van der Waals surface area contributed by atoms with Gasteiger partial charge in [-0.1, -0.05) is 51.3 Å². The van der Waals surface area contributed by atoms with E-state index in [1.807, 2.05) is 26.0 Å². The third-order valence-corrected chi connectivity index (χ3v) is 6.68. The minimum Gasteiger partial charge on any atom is -0.354 e. The van der Waals surface area contributed by atoms with E-state index in [2.05, 4.69) is 85.0 Å². The number of aromatic nitrogens is 4. The van der Waals surface area contributed by atoms with Gasteiger partial charge in [-0.25, -0.2) is 19.9 Å². The van der Waals surface area contributed by atoms with Gasteiger partial charge in [-0.2, -0.15) is 0 Å². The van der Waals surface area contributed by atoms with Gasteiger partial charge in [0.2, 0.25) is 0 Å². The zero-order valence-corrected chi connectivity index (χ0v) is 23.0. The predicted octanol–water partition coefficient (Wildman–Crippen LogP) is 3.89. The highest BCUT2D eigenvalue weighted by Crippen LogP contribution is 2.25. The Balaban J connectivity index is 0.000000193. The summed E-state index contributed by atoms with van der Waals surface area (Å²) in [7, 11) is 4.31. The number of anilines is 2. The molecule has 2 aromatic rings. The molecule has 2 fully saturated rings. The van der Waals surface area contributed by atoms with Crippen LogP contribution < -0.4 is 9.80 Å². The van der Waals surface area contributed by atoms with Gasteiger partial charge in [-0.15, -0.1) is 0 Å². The van der Waals surface area contributed by atoms with Crippen molar-refractivity contribution in [3.8, 4) is 0 Å². The van der Waals surface area contributed by atoms with Crippen LogP contribution in [-0.4, -0.2) is 96.2 Å². The number of fused-ring (bicyclic) bond motifs is 1. The van der Waals surface area contributed by atoms with E-state index >= 15 is 0 Å². The standard InChI is InChI=1S/C14H18N4.C13H18N4.C2H6/c1-17-7-9-18(10-8-17)14-12-5-3-2-4-6-13(12)15-11-16-14;1-4-11-12(5-2)14-10-15-13(11)17-8-6-16(3)7-9-17;1-2/h2-4,6,11H,5,7-10H2,1H3;4-5,10H,1-2,6-9H2,3H3;1-2H3. The molecule has 0 spiro atoms. The molecule has 0 saturated carbocycles.